The van der Waals surface area contributed by atoms with E-state index < -0.39 is 5.97 Å². The number of carbonyl (C=O) groups excluding carboxylic acids is 1. The lowest BCUT2D eigenvalue weighted by atomic mass is 10.2. The number of aromatic nitrogens is 1. The van der Waals surface area contributed by atoms with Crippen LogP contribution in [0, 0.1) is 0 Å². The maximum absolute atomic E-state index is 11.1. The summed E-state index contributed by atoms with van der Waals surface area (Å²) in [6.07, 6.45) is 1.45. The van der Waals surface area contributed by atoms with Gasteiger partial charge < -0.3 is 10.5 Å². The fraction of sp³-hybridized carbons (Fsp3) is 0.143. The minimum Gasteiger partial charge on any atom is -0.465 e. The van der Waals surface area contributed by atoms with E-state index in [9.17, 15) is 4.79 Å². The van der Waals surface area contributed by atoms with Gasteiger partial charge in [-0.3, -0.25) is 0 Å². The van der Waals surface area contributed by atoms with Crippen LogP contribution in [0.4, 0.5) is 5.82 Å². The number of anilines is 1. The first-order valence-electron chi connectivity index (χ1n) is 3.15. The molecule has 0 radical (unpaired) electrons. The van der Waals surface area contributed by atoms with Crippen LogP contribution in [-0.2, 0) is 4.74 Å². The lowest BCUT2D eigenvalue weighted by Gasteiger charge is -2.02. The van der Waals surface area contributed by atoms with Gasteiger partial charge in [-0.25, -0.2) is 9.78 Å². The molecule has 0 fully saturated rings. The van der Waals surface area contributed by atoms with Gasteiger partial charge in [0.15, 0.2) is 0 Å². The van der Waals surface area contributed by atoms with E-state index in [1.807, 2.05) is 0 Å². The van der Waals surface area contributed by atoms with Crippen molar-refractivity contribution in [3.8, 4) is 0 Å². The van der Waals surface area contributed by atoms with Gasteiger partial charge in [0.05, 0.1) is 17.1 Å². The summed E-state index contributed by atoms with van der Waals surface area (Å²) < 4.78 is 4.99. The van der Waals surface area contributed by atoms with E-state index >= 15 is 0 Å². The number of rotatable bonds is 1. The Balaban J connectivity index is 3.16. The van der Waals surface area contributed by atoms with Gasteiger partial charge in [0, 0.05) is 6.20 Å². The Hall–Kier alpha value is -1.10. The van der Waals surface area contributed by atoms with Crippen molar-refractivity contribution in [3.63, 3.8) is 0 Å². The quantitative estimate of drug-likeness (QED) is 0.737. The number of methoxy groups -OCH3 is 1. The van der Waals surface area contributed by atoms with Crippen molar-refractivity contribution in [1.29, 1.82) is 0 Å². The highest BCUT2D eigenvalue weighted by Crippen LogP contribution is 2.21. The van der Waals surface area contributed by atoms with Crippen LogP contribution in [0.1, 0.15) is 10.4 Å². The van der Waals surface area contributed by atoms with Crippen LogP contribution in [-0.4, -0.2) is 18.1 Å². The van der Waals surface area contributed by atoms with Gasteiger partial charge in [0.2, 0.25) is 0 Å². The average molecular weight is 231 g/mol. The summed E-state index contributed by atoms with van der Waals surface area (Å²) in [6, 6.07) is 1.53. The monoisotopic (exact) mass is 230 g/mol. The lowest BCUT2D eigenvalue weighted by molar-refractivity contribution is 0.0599. The molecule has 64 valence electrons. The van der Waals surface area contributed by atoms with Crippen LogP contribution >= 0.6 is 15.9 Å². The van der Waals surface area contributed by atoms with Gasteiger partial charge in [0.1, 0.15) is 5.82 Å². The van der Waals surface area contributed by atoms with E-state index in [0.717, 1.165) is 0 Å². The molecule has 12 heavy (non-hydrogen) atoms. The highest BCUT2D eigenvalue weighted by molar-refractivity contribution is 9.10. The van der Waals surface area contributed by atoms with Crippen molar-refractivity contribution in [2.24, 2.45) is 0 Å². The number of carbonyl (C=O) groups is 1. The second-order valence-electron chi connectivity index (χ2n) is 2.05. The predicted octanol–water partition coefficient (Wildman–Crippen LogP) is 1.21. The third kappa shape index (κ3) is 1.55. The topological polar surface area (TPSA) is 65.2 Å². The molecule has 0 atom stereocenters. The van der Waals surface area contributed by atoms with Crippen LogP contribution in [0.5, 0.6) is 0 Å². The van der Waals surface area contributed by atoms with Crippen LogP contribution in [0.3, 0.4) is 0 Å². The largest absolute Gasteiger partial charge is 0.465 e. The molecule has 0 aliphatic heterocycles. The molecule has 0 unspecified atom stereocenters. The zero-order valence-electron chi connectivity index (χ0n) is 6.37. The number of nitrogens with two attached hydrogens (primary N) is 1. The van der Waals surface area contributed by atoms with Crippen molar-refractivity contribution in [2.75, 3.05) is 12.8 Å². The molecular formula is C7H7BrN2O2. The Labute approximate surface area is 77.9 Å². The van der Waals surface area contributed by atoms with Crippen LogP contribution in [0.15, 0.2) is 16.7 Å². The molecule has 0 aromatic carbocycles. The summed E-state index contributed by atoms with van der Waals surface area (Å²) in [5.41, 5.74) is 5.83. The van der Waals surface area contributed by atoms with E-state index in [0.29, 0.717) is 10.0 Å². The second-order valence-corrected chi connectivity index (χ2v) is 2.84. The number of hydrogen-bond acceptors (Lipinski definition) is 4. The molecule has 0 aliphatic carbocycles. The lowest BCUT2D eigenvalue weighted by Crippen LogP contribution is -2.04. The van der Waals surface area contributed by atoms with Gasteiger partial charge in [-0.05, 0) is 22.0 Å². The van der Waals surface area contributed by atoms with Crippen molar-refractivity contribution in [2.45, 2.75) is 0 Å². The third-order valence-corrected chi connectivity index (χ3v) is 2.15. The first-order valence-corrected chi connectivity index (χ1v) is 3.94. The van der Waals surface area contributed by atoms with Crippen molar-refractivity contribution < 1.29 is 9.53 Å². The van der Waals surface area contributed by atoms with Crippen LogP contribution in [0.2, 0.25) is 0 Å². The molecule has 0 amide bonds. The fourth-order valence-electron chi connectivity index (χ4n) is 0.728. The van der Waals surface area contributed by atoms with Crippen LogP contribution < -0.4 is 5.73 Å². The number of nitrogen functional groups attached to an aromatic ring is 1. The molecule has 4 nitrogen and oxygen atoms in total. The minimum atomic E-state index is -0.434. The Morgan fingerprint density at radius 2 is 2.42 bits per heavy atom. The van der Waals surface area contributed by atoms with E-state index in [1.165, 1.54) is 19.4 Å². The van der Waals surface area contributed by atoms with E-state index in [1.54, 1.807) is 0 Å². The number of pyridine rings is 1. The Morgan fingerprint density at radius 1 is 1.75 bits per heavy atom. The molecular weight excluding hydrogens is 224 g/mol. The van der Waals surface area contributed by atoms with E-state index in [4.69, 9.17) is 5.73 Å². The Kier molecular flexibility index (Phi) is 2.65. The molecule has 1 rings (SSSR count). The molecule has 0 bridgehead atoms. The molecule has 0 spiro atoms. The Bertz CT molecular complexity index is 314. The average Bonchev–Trinajstić information content (AvgIpc) is 2.08. The first kappa shape index (κ1) is 8.99. The summed E-state index contributed by atoms with van der Waals surface area (Å²) in [6.45, 7) is 0. The fourth-order valence-corrected chi connectivity index (χ4v) is 1.12. The number of ether oxygens (including phenoxy) is 1. The maximum Gasteiger partial charge on any atom is 0.339 e. The number of hydrogen-bond donors (Lipinski definition) is 1. The minimum absolute atomic E-state index is 0.276. The molecule has 0 saturated heterocycles. The zero-order chi connectivity index (χ0) is 9.14. The van der Waals surface area contributed by atoms with Crippen molar-refractivity contribution >= 4 is 27.7 Å². The molecule has 2 N–H and O–H groups in total. The van der Waals surface area contributed by atoms with E-state index in [-0.39, 0.29) is 5.82 Å². The zero-order valence-corrected chi connectivity index (χ0v) is 7.96. The maximum atomic E-state index is 11.1. The summed E-state index contributed by atoms with van der Waals surface area (Å²) >= 11 is 3.13. The first-order chi connectivity index (χ1) is 5.66. The van der Waals surface area contributed by atoms with Gasteiger partial charge in [0.25, 0.3) is 0 Å². The SMILES string of the molecule is COC(=O)c1ccnc(N)c1Br. The smallest absolute Gasteiger partial charge is 0.339 e. The van der Waals surface area contributed by atoms with Gasteiger partial charge in [-0.1, -0.05) is 0 Å². The Morgan fingerprint density at radius 3 is 3.00 bits per heavy atom. The van der Waals surface area contributed by atoms with E-state index in [2.05, 4.69) is 25.7 Å². The molecule has 5 heteroatoms. The third-order valence-electron chi connectivity index (χ3n) is 1.32. The summed E-state index contributed by atoms with van der Waals surface area (Å²) in [5, 5.41) is 0. The predicted molar refractivity (Wildman–Crippen MR) is 47.7 cm³/mol. The molecule has 1 aromatic rings. The number of halogens is 1. The second kappa shape index (κ2) is 3.53. The summed E-state index contributed by atoms with van der Waals surface area (Å²) in [4.78, 5) is 14.8. The van der Waals surface area contributed by atoms with Crippen molar-refractivity contribution in [1.82, 2.24) is 4.98 Å². The number of esters is 1. The van der Waals surface area contributed by atoms with Gasteiger partial charge >= 0.3 is 5.97 Å². The standard InChI is InChI=1S/C7H7BrN2O2/c1-12-7(11)4-2-3-10-6(9)5(4)8/h2-3H,1H3,(H2,9,10). The summed E-state index contributed by atoms with van der Waals surface area (Å²) in [7, 11) is 1.31. The van der Waals surface area contributed by atoms with Gasteiger partial charge in [-0.2, -0.15) is 0 Å². The van der Waals surface area contributed by atoms with Gasteiger partial charge in [-0.15, -0.1) is 0 Å². The normalized spacial score (nSPS) is 9.50. The van der Waals surface area contributed by atoms with Crippen LogP contribution in [0.25, 0.3) is 0 Å². The molecule has 0 saturated carbocycles. The highest BCUT2D eigenvalue weighted by Gasteiger charge is 2.11. The van der Waals surface area contributed by atoms with Crippen molar-refractivity contribution in [3.05, 3.63) is 22.3 Å². The number of nitrogens with zero attached hydrogens (tertiary/aromatic N) is 1. The highest BCUT2D eigenvalue weighted by atomic mass is 79.9. The molecule has 0 aliphatic rings. The molecule has 1 heterocycles. The molecule has 1 aromatic heterocycles. The summed E-state index contributed by atoms with van der Waals surface area (Å²) in [5.74, 6) is -0.158.